The number of carboxylic acid groups (broad SMARTS) is 1. The monoisotopic (exact) mass is 174 g/mol. The second-order valence-corrected chi connectivity index (χ2v) is 2.58. The van der Waals surface area contributed by atoms with Crippen LogP contribution in [0.2, 0.25) is 0 Å². The fraction of sp³-hybridized carbons (Fsp3) is 0.625. The van der Waals surface area contributed by atoms with Crippen LogP contribution in [0, 0.1) is 0 Å². The highest BCUT2D eigenvalue weighted by Gasteiger charge is 2.12. The second kappa shape index (κ2) is 5.74. The number of aliphatic hydroxyl groups excluding tert-OH is 2. The molecule has 0 bridgehead atoms. The predicted octanol–water partition coefficient (Wildman–Crippen LogP) is 0.149. The Hall–Kier alpha value is -0.870. The second-order valence-electron chi connectivity index (χ2n) is 2.58. The van der Waals surface area contributed by atoms with E-state index in [9.17, 15) is 4.79 Å². The van der Waals surface area contributed by atoms with Crippen LogP contribution in [0.5, 0.6) is 0 Å². The minimum absolute atomic E-state index is 0.0661. The lowest BCUT2D eigenvalue weighted by molar-refractivity contribution is -0.139. The van der Waals surface area contributed by atoms with Crippen molar-refractivity contribution in [2.75, 3.05) is 0 Å². The van der Waals surface area contributed by atoms with Crippen molar-refractivity contribution >= 4 is 5.97 Å². The lowest BCUT2D eigenvalue weighted by Gasteiger charge is -2.09. The third-order valence-corrected chi connectivity index (χ3v) is 1.34. The van der Waals surface area contributed by atoms with Crippen LogP contribution >= 0.6 is 0 Å². The maximum Gasteiger partial charge on any atom is 0.305 e. The molecule has 0 fully saturated rings. The van der Waals surface area contributed by atoms with Gasteiger partial charge in [0.1, 0.15) is 0 Å². The van der Waals surface area contributed by atoms with E-state index in [0.29, 0.717) is 0 Å². The van der Waals surface area contributed by atoms with Crippen LogP contribution in [0.25, 0.3) is 0 Å². The zero-order chi connectivity index (χ0) is 9.56. The summed E-state index contributed by atoms with van der Waals surface area (Å²) in [6.45, 7) is 1.74. The van der Waals surface area contributed by atoms with E-state index in [1.807, 2.05) is 0 Å². The van der Waals surface area contributed by atoms with E-state index >= 15 is 0 Å². The molecule has 0 saturated heterocycles. The minimum atomic E-state index is -1.06. The van der Waals surface area contributed by atoms with Crippen LogP contribution in [-0.4, -0.2) is 33.5 Å². The fourth-order valence-electron chi connectivity index (χ4n) is 0.864. The number of hydrogen-bond acceptors (Lipinski definition) is 3. The molecule has 0 aromatic heterocycles. The summed E-state index contributed by atoms with van der Waals surface area (Å²) >= 11 is 0. The molecule has 70 valence electrons. The van der Waals surface area contributed by atoms with Crippen molar-refractivity contribution in [2.45, 2.75) is 32.0 Å². The van der Waals surface area contributed by atoms with Gasteiger partial charge in [0.25, 0.3) is 0 Å². The molecule has 0 spiro atoms. The molecule has 0 aromatic rings. The number of aliphatic hydroxyl groups is 2. The third kappa shape index (κ3) is 5.88. The molecule has 0 radical (unpaired) electrons. The van der Waals surface area contributed by atoms with Gasteiger partial charge >= 0.3 is 5.97 Å². The van der Waals surface area contributed by atoms with E-state index in [1.165, 1.54) is 6.08 Å². The maximum atomic E-state index is 10.1. The van der Waals surface area contributed by atoms with E-state index in [0.717, 1.165) is 0 Å². The Morgan fingerprint density at radius 2 is 2.08 bits per heavy atom. The van der Waals surface area contributed by atoms with Gasteiger partial charge in [-0.05, 0) is 6.92 Å². The molecular weight excluding hydrogens is 160 g/mol. The summed E-state index contributed by atoms with van der Waals surface area (Å²) in [6, 6.07) is 0. The molecular formula is C8H14O4. The van der Waals surface area contributed by atoms with Crippen molar-refractivity contribution in [1.82, 2.24) is 0 Å². The lowest BCUT2D eigenvalue weighted by atomic mass is 10.1. The molecule has 2 atom stereocenters. The quantitative estimate of drug-likeness (QED) is 0.518. The molecule has 0 aliphatic heterocycles. The van der Waals surface area contributed by atoms with Crippen molar-refractivity contribution in [3.63, 3.8) is 0 Å². The number of allylic oxidation sites excluding steroid dienone is 1. The van der Waals surface area contributed by atoms with Crippen LogP contribution in [0.1, 0.15) is 19.8 Å². The van der Waals surface area contributed by atoms with E-state index < -0.39 is 18.2 Å². The molecule has 4 nitrogen and oxygen atoms in total. The summed E-state index contributed by atoms with van der Waals surface area (Å²) in [6.07, 6.45) is 1.16. The number of hydrogen-bond donors (Lipinski definition) is 3. The first-order valence-electron chi connectivity index (χ1n) is 3.77. The Balaban J connectivity index is 3.67. The summed E-state index contributed by atoms with van der Waals surface area (Å²) in [5.41, 5.74) is 0. The first-order chi connectivity index (χ1) is 5.56. The van der Waals surface area contributed by atoms with Gasteiger partial charge in [-0.1, -0.05) is 12.2 Å². The molecule has 4 heteroatoms. The van der Waals surface area contributed by atoms with Gasteiger partial charge in [-0.25, -0.2) is 0 Å². The summed E-state index contributed by atoms with van der Waals surface area (Å²) < 4.78 is 0. The number of carbonyl (C=O) groups is 1. The zero-order valence-electron chi connectivity index (χ0n) is 6.97. The minimum Gasteiger partial charge on any atom is -0.481 e. The van der Waals surface area contributed by atoms with Gasteiger partial charge in [-0.15, -0.1) is 0 Å². The van der Waals surface area contributed by atoms with Crippen molar-refractivity contribution < 1.29 is 20.1 Å². The van der Waals surface area contributed by atoms with Gasteiger partial charge in [-0.3, -0.25) is 4.79 Å². The Bertz CT molecular complexity index is 164. The highest BCUT2D eigenvalue weighted by Crippen LogP contribution is 2.03. The first kappa shape index (κ1) is 11.1. The van der Waals surface area contributed by atoms with Gasteiger partial charge < -0.3 is 15.3 Å². The van der Waals surface area contributed by atoms with Crippen molar-refractivity contribution in [3.05, 3.63) is 12.2 Å². The Morgan fingerprint density at radius 1 is 1.50 bits per heavy atom. The predicted molar refractivity (Wildman–Crippen MR) is 43.7 cm³/mol. The Morgan fingerprint density at radius 3 is 2.50 bits per heavy atom. The van der Waals surface area contributed by atoms with Crippen molar-refractivity contribution in [3.8, 4) is 0 Å². The summed E-state index contributed by atoms with van der Waals surface area (Å²) in [7, 11) is 0. The molecule has 0 amide bonds. The van der Waals surface area contributed by atoms with Gasteiger partial charge in [0, 0.05) is 6.42 Å². The van der Waals surface area contributed by atoms with E-state index in [2.05, 4.69) is 0 Å². The molecule has 0 aliphatic carbocycles. The van der Waals surface area contributed by atoms with Crippen LogP contribution in [0.4, 0.5) is 0 Å². The first-order valence-corrected chi connectivity index (χ1v) is 3.77. The number of aliphatic carboxylic acids is 1. The van der Waals surface area contributed by atoms with Crippen LogP contribution in [-0.2, 0) is 4.79 Å². The van der Waals surface area contributed by atoms with E-state index in [1.54, 1.807) is 13.0 Å². The van der Waals surface area contributed by atoms with Gasteiger partial charge in [0.15, 0.2) is 0 Å². The SMILES string of the molecule is C/C=C/C(O)C[C@@H](O)CC(=O)O. The van der Waals surface area contributed by atoms with Gasteiger partial charge in [0.05, 0.1) is 18.6 Å². The summed E-state index contributed by atoms with van der Waals surface area (Å²) in [4.78, 5) is 10.1. The summed E-state index contributed by atoms with van der Waals surface area (Å²) in [5, 5.41) is 26.4. The number of rotatable bonds is 5. The number of carboxylic acids is 1. The molecule has 0 aliphatic rings. The average Bonchev–Trinajstić information content (AvgIpc) is 1.84. The smallest absolute Gasteiger partial charge is 0.305 e. The Kier molecular flexibility index (Phi) is 5.32. The molecule has 12 heavy (non-hydrogen) atoms. The molecule has 0 aromatic carbocycles. The van der Waals surface area contributed by atoms with Gasteiger partial charge in [-0.2, -0.15) is 0 Å². The van der Waals surface area contributed by atoms with Crippen molar-refractivity contribution in [1.29, 1.82) is 0 Å². The molecule has 3 N–H and O–H groups in total. The highest BCUT2D eigenvalue weighted by atomic mass is 16.4. The lowest BCUT2D eigenvalue weighted by Crippen LogP contribution is -2.19. The standard InChI is InChI=1S/C8H14O4/c1-2-3-6(9)4-7(10)5-8(11)12/h2-3,6-7,9-10H,4-5H2,1H3,(H,11,12)/b3-2+/t6?,7-/m1/s1. The third-order valence-electron chi connectivity index (χ3n) is 1.34. The van der Waals surface area contributed by atoms with E-state index in [-0.39, 0.29) is 12.8 Å². The molecule has 0 rings (SSSR count). The van der Waals surface area contributed by atoms with Gasteiger partial charge in [0.2, 0.25) is 0 Å². The van der Waals surface area contributed by atoms with Crippen LogP contribution < -0.4 is 0 Å². The average molecular weight is 174 g/mol. The fourth-order valence-corrected chi connectivity index (χ4v) is 0.864. The normalized spacial score (nSPS) is 16.2. The Labute approximate surface area is 71.1 Å². The maximum absolute atomic E-state index is 10.1. The van der Waals surface area contributed by atoms with Crippen molar-refractivity contribution in [2.24, 2.45) is 0 Å². The largest absolute Gasteiger partial charge is 0.481 e. The van der Waals surface area contributed by atoms with Crippen LogP contribution in [0.3, 0.4) is 0 Å². The topological polar surface area (TPSA) is 77.8 Å². The van der Waals surface area contributed by atoms with E-state index in [4.69, 9.17) is 15.3 Å². The highest BCUT2D eigenvalue weighted by molar-refractivity contribution is 5.67. The summed E-state index contributed by atoms with van der Waals surface area (Å²) in [5.74, 6) is -1.06. The zero-order valence-corrected chi connectivity index (χ0v) is 6.97. The van der Waals surface area contributed by atoms with Crippen LogP contribution in [0.15, 0.2) is 12.2 Å². The molecule has 0 heterocycles. The molecule has 1 unspecified atom stereocenters. The molecule has 0 saturated carbocycles.